The van der Waals surface area contributed by atoms with E-state index in [-0.39, 0.29) is 11.7 Å². The molecule has 1 aromatic carbocycles. The van der Waals surface area contributed by atoms with Crippen molar-refractivity contribution in [2.45, 2.75) is 32.7 Å². The Kier molecular flexibility index (Phi) is 3.84. The Labute approximate surface area is 107 Å². The number of halogens is 1. The van der Waals surface area contributed by atoms with Gasteiger partial charge in [-0.1, -0.05) is 19.4 Å². The lowest BCUT2D eigenvalue weighted by Crippen LogP contribution is -2.25. The van der Waals surface area contributed by atoms with Gasteiger partial charge in [-0.2, -0.15) is 0 Å². The molecule has 1 amide bonds. The van der Waals surface area contributed by atoms with Crippen LogP contribution in [0.2, 0.25) is 0 Å². The van der Waals surface area contributed by atoms with Crippen LogP contribution in [-0.2, 0) is 11.3 Å². The maximum Gasteiger partial charge on any atom is 0.223 e. The summed E-state index contributed by atoms with van der Waals surface area (Å²) in [4.78, 5) is 13.7. The maximum absolute atomic E-state index is 12.9. The Morgan fingerprint density at radius 1 is 1.50 bits per heavy atom. The second kappa shape index (κ2) is 5.38. The number of nitrogen functional groups attached to an aromatic ring is 1. The smallest absolute Gasteiger partial charge is 0.223 e. The molecule has 2 rings (SSSR count). The fourth-order valence-corrected chi connectivity index (χ4v) is 2.52. The van der Waals surface area contributed by atoms with Crippen molar-refractivity contribution in [3.8, 4) is 0 Å². The molecule has 0 spiro atoms. The standard InChI is InChI=1S/C14H19FN2O/c1-2-3-10-6-14(18)17(8-10)9-11-4-5-12(15)7-13(11)16/h4-5,7,10H,2-3,6,8-9,16H2,1H3. The zero-order valence-electron chi connectivity index (χ0n) is 10.7. The Hall–Kier alpha value is -1.58. The molecule has 1 aliphatic heterocycles. The van der Waals surface area contributed by atoms with Crippen molar-refractivity contribution in [2.24, 2.45) is 5.92 Å². The first-order valence-electron chi connectivity index (χ1n) is 6.41. The first-order chi connectivity index (χ1) is 8.60. The van der Waals surface area contributed by atoms with Crippen LogP contribution in [0.1, 0.15) is 31.7 Å². The fraction of sp³-hybridized carbons (Fsp3) is 0.500. The number of nitrogens with two attached hydrogens (primary N) is 1. The third kappa shape index (κ3) is 2.81. The van der Waals surface area contributed by atoms with Crippen molar-refractivity contribution in [1.82, 2.24) is 4.90 Å². The number of anilines is 1. The number of benzene rings is 1. The molecule has 98 valence electrons. The highest BCUT2D eigenvalue weighted by Gasteiger charge is 2.28. The molecular formula is C14H19FN2O. The first-order valence-corrected chi connectivity index (χ1v) is 6.41. The monoisotopic (exact) mass is 250 g/mol. The van der Waals surface area contributed by atoms with Crippen molar-refractivity contribution in [1.29, 1.82) is 0 Å². The fourth-order valence-electron chi connectivity index (χ4n) is 2.52. The summed E-state index contributed by atoms with van der Waals surface area (Å²) >= 11 is 0. The van der Waals surface area contributed by atoms with Crippen molar-refractivity contribution >= 4 is 11.6 Å². The van der Waals surface area contributed by atoms with Crippen molar-refractivity contribution < 1.29 is 9.18 Å². The number of carbonyl (C=O) groups excluding carboxylic acids is 1. The van der Waals surface area contributed by atoms with Gasteiger partial charge >= 0.3 is 0 Å². The minimum atomic E-state index is -0.340. The molecule has 0 bridgehead atoms. The summed E-state index contributed by atoms with van der Waals surface area (Å²) in [5.41, 5.74) is 7.00. The lowest BCUT2D eigenvalue weighted by atomic mass is 10.0. The maximum atomic E-state index is 12.9. The number of carbonyl (C=O) groups is 1. The summed E-state index contributed by atoms with van der Waals surface area (Å²) in [6.07, 6.45) is 2.82. The van der Waals surface area contributed by atoms with E-state index in [1.165, 1.54) is 12.1 Å². The molecule has 1 fully saturated rings. The van der Waals surface area contributed by atoms with Gasteiger partial charge in [-0.05, 0) is 30.0 Å². The van der Waals surface area contributed by atoms with Gasteiger partial charge in [0.05, 0.1) is 0 Å². The molecule has 2 N–H and O–H groups in total. The zero-order valence-corrected chi connectivity index (χ0v) is 10.7. The average Bonchev–Trinajstić information content (AvgIpc) is 2.64. The van der Waals surface area contributed by atoms with Crippen LogP contribution >= 0.6 is 0 Å². The topological polar surface area (TPSA) is 46.3 Å². The molecule has 3 nitrogen and oxygen atoms in total. The van der Waals surface area contributed by atoms with Crippen LogP contribution in [0.25, 0.3) is 0 Å². The van der Waals surface area contributed by atoms with Gasteiger partial charge in [0, 0.05) is 25.2 Å². The Morgan fingerprint density at radius 3 is 2.94 bits per heavy atom. The molecule has 1 saturated heterocycles. The largest absolute Gasteiger partial charge is 0.398 e. The van der Waals surface area contributed by atoms with Crippen LogP contribution in [0.15, 0.2) is 18.2 Å². The third-order valence-corrected chi connectivity index (χ3v) is 3.46. The van der Waals surface area contributed by atoms with Crippen LogP contribution in [0.4, 0.5) is 10.1 Å². The van der Waals surface area contributed by atoms with E-state index >= 15 is 0 Å². The van der Waals surface area contributed by atoms with E-state index in [2.05, 4.69) is 6.92 Å². The second-order valence-corrected chi connectivity index (χ2v) is 4.98. The number of likely N-dealkylation sites (tertiary alicyclic amines) is 1. The molecular weight excluding hydrogens is 231 g/mol. The van der Waals surface area contributed by atoms with Gasteiger partial charge in [0.2, 0.25) is 5.91 Å². The van der Waals surface area contributed by atoms with Crippen LogP contribution in [0, 0.1) is 11.7 Å². The molecule has 0 saturated carbocycles. The van der Waals surface area contributed by atoms with E-state index < -0.39 is 0 Å². The molecule has 4 heteroatoms. The van der Waals surface area contributed by atoms with Crippen LogP contribution in [0.3, 0.4) is 0 Å². The summed E-state index contributed by atoms with van der Waals surface area (Å²) in [6.45, 7) is 3.42. The SMILES string of the molecule is CCCC1CC(=O)N(Cc2ccc(F)cc2N)C1. The molecule has 0 radical (unpaired) electrons. The predicted octanol–water partition coefficient (Wildman–Crippen LogP) is 2.56. The summed E-state index contributed by atoms with van der Waals surface area (Å²) < 4.78 is 12.9. The van der Waals surface area contributed by atoms with E-state index in [0.29, 0.717) is 24.6 Å². The van der Waals surface area contributed by atoms with Crippen molar-refractivity contribution in [2.75, 3.05) is 12.3 Å². The van der Waals surface area contributed by atoms with E-state index in [4.69, 9.17) is 5.73 Å². The molecule has 0 aliphatic carbocycles. The van der Waals surface area contributed by atoms with Gasteiger partial charge in [-0.15, -0.1) is 0 Å². The number of hydrogen-bond acceptors (Lipinski definition) is 2. The second-order valence-electron chi connectivity index (χ2n) is 4.98. The highest BCUT2D eigenvalue weighted by molar-refractivity contribution is 5.78. The first kappa shape index (κ1) is 12.9. The Bertz CT molecular complexity index is 447. The highest BCUT2D eigenvalue weighted by atomic mass is 19.1. The van der Waals surface area contributed by atoms with Gasteiger partial charge in [-0.25, -0.2) is 4.39 Å². The predicted molar refractivity (Wildman–Crippen MR) is 69.2 cm³/mol. The number of amides is 1. The van der Waals surface area contributed by atoms with Gasteiger partial charge in [0.25, 0.3) is 0 Å². The van der Waals surface area contributed by atoms with Gasteiger partial charge in [0.1, 0.15) is 5.82 Å². The third-order valence-electron chi connectivity index (χ3n) is 3.46. The number of nitrogens with zero attached hydrogens (tertiary/aromatic N) is 1. The van der Waals surface area contributed by atoms with E-state index in [1.54, 1.807) is 6.07 Å². The molecule has 1 aromatic rings. The Balaban J connectivity index is 2.03. The van der Waals surface area contributed by atoms with Gasteiger partial charge in [-0.3, -0.25) is 4.79 Å². The lowest BCUT2D eigenvalue weighted by molar-refractivity contribution is -0.128. The summed E-state index contributed by atoms with van der Waals surface area (Å²) in [6, 6.07) is 4.35. The summed E-state index contributed by atoms with van der Waals surface area (Å²) in [5, 5.41) is 0. The zero-order chi connectivity index (χ0) is 13.1. The molecule has 1 atom stereocenters. The van der Waals surface area contributed by atoms with E-state index in [9.17, 15) is 9.18 Å². The minimum Gasteiger partial charge on any atom is -0.398 e. The molecule has 1 heterocycles. The highest BCUT2D eigenvalue weighted by Crippen LogP contribution is 2.25. The minimum absolute atomic E-state index is 0.178. The normalized spacial score (nSPS) is 19.6. The van der Waals surface area contributed by atoms with Crippen molar-refractivity contribution in [3.63, 3.8) is 0 Å². The van der Waals surface area contributed by atoms with E-state index in [1.807, 2.05) is 4.90 Å². The molecule has 18 heavy (non-hydrogen) atoms. The lowest BCUT2D eigenvalue weighted by Gasteiger charge is -2.17. The molecule has 1 aliphatic rings. The van der Waals surface area contributed by atoms with Gasteiger partial charge < -0.3 is 10.6 Å². The van der Waals surface area contributed by atoms with Crippen LogP contribution in [0.5, 0.6) is 0 Å². The molecule has 1 unspecified atom stereocenters. The average molecular weight is 250 g/mol. The summed E-state index contributed by atoms with van der Waals surface area (Å²) in [5.74, 6) is 0.300. The Morgan fingerprint density at radius 2 is 2.28 bits per heavy atom. The summed E-state index contributed by atoms with van der Waals surface area (Å²) in [7, 11) is 0. The van der Waals surface area contributed by atoms with Crippen LogP contribution < -0.4 is 5.73 Å². The van der Waals surface area contributed by atoms with E-state index in [0.717, 1.165) is 24.9 Å². The number of rotatable bonds is 4. The van der Waals surface area contributed by atoms with Gasteiger partial charge in [0.15, 0.2) is 0 Å². The van der Waals surface area contributed by atoms with Crippen LogP contribution in [-0.4, -0.2) is 17.4 Å². The number of hydrogen-bond donors (Lipinski definition) is 1. The quantitative estimate of drug-likeness (QED) is 0.835. The molecule has 0 aromatic heterocycles. The van der Waals surface area contributed by atoms with Crippen molar-refractivity contribution in [3.05, 3.63) is 29.6 Å².